The van der Waals surface area contributed by atoms with Crippen molar-refractivity contribution in [1.82, 2.24) is 20.1 Å². The maximum absolute atomic E-state index is 13.4. The summed E-state index contributed by atoms with van der Waals surface area (Å²) < 4.78 is 20.8. The Morgan fingerprint density at radius 1 is 1.24 bits per heavy atom. The van der Waals surface area contributed by atoms with Gasteiger partial charge in [0.2, 0.25) is 5.91 Å². The van der Waals surface area contributed by atoms with Crippen LogP contribution in [0.1, 0.15) is 50.6 Å². The number of aromatic nitrogens is 3. The summed E-state index contributed by atoms with van der Waals surface area (Å²) >= 11 is 1.52. The third-order valence-corrected chi connectivity index (χ3v) is 6.77. The van der Waals surface area contributed by atoms with Crippen LogP contribution < -0.4 is 5.32 Å². The molecule has 8 heteroatoms. The van der Waals surface area contributed by atoms with Crippen LogP contribution in [0.5, 0.6) is 0 Å². The van der Waals surface area contributed by atoms with Gasteiger partial charge >= 0.3 is 0 Å². The molecule has 0 atom stereocenters. The summed E-state index contributed by atoms with van der Waals surface area (Å²) in [6.07, 6.45) is 4.72. The minimum atomic E-state index is -0.247. The third-order valence-electron chi connectivity index (χ3n) is 5.84. The molecule has 4 rings (SSSR count). The molecule has 0 aliphatic carbocycles. The summed E-state index contributed by atoms with van der Waals surface area (Å²) in [6.45, 7) is 8.56. The second-order valence-electron chi connectivity index (χ2n) is 9.57. The Balaban J connectivity index is 1.49. The minimum absolute atomic E-state index is 0.00439. The van der Waals surface area contributed by atoms with Crippen molar-refractivity contribution >= 4 is 17.2 Å². The van der Waals surface area contributed by atoms with E-state index in [4.69, 9.17) is 9.72 Å². The van der Waals surface area contributed by atoms with E-state index in [0.717, 1.165) is 53.6 Å². The van der Waals surface area contributed by atoms with Crippen molar-refractivity contribution in [2.24, 2.45) is 5.92 Å². The highest BCUT2D eigenvalue weighted by Crippen LogP contribution is 2.31. The van der Waals surface area contributed by atoms with Crippen LogP contribution in [0, 0.1) is 11.7 Å². The van der Waals surface area contributed by atoms with Crippen molar-refractivity contribution in [2.75, 3.05) is 19.8 Å². The standard InChI is InChI=1S/C25H31FN4O2S/c1-25(2,3)30-22(12-17-4-6-19(26)7-5-17)21(15-28-30)24-29-20(16-33-24)13-23(31)27-14-18-8-10-32-11-9-18/h4-7,15-16,18H,8-14H2,1-3H3,(H,27,31). The molecule has 1 fully saturated rings. The fraction of sp³-hybridized carbons (Fsp3) is 0.480. The number of hydrogen-bond donors (Lipinski definition) is 1. The smallest absolute Gasteiger partial charge is 0.226 e. The van der Waals surface area contributed by atoms with Gasteiger partial charge in [-0.1, -0.05) is 12.1 Å². The molecular weight excluding hydrogens is 439 g/mol. The highest BCUT2D eigenvalue weighted by Gasteiger charge is 2.23. The molecule has 2 aromatic heterocycles. The molecule has 1 N–H and O–H groups in total. The Morgan fingerprint density at radius 3 is 2.67 bits per heavy atom. The number of nitrogens with zero attached hydrogens (tertiary/aromatic N) is 3. The summed E-state index contributed by atoms with van der Waals surface area (Å²) in [6, 6.07) is 6.56. The van der Waals surface area contributed by atoms with Gasteiger partial charge in [-0.2, -0.15) is 5.10 Å². The first-order valence-corrected chi connectivity index (χ1v) is 12.3. The molecule has 33 heavy (non-hydrogen) atoms. The summed E-state index contributed by atoms with van der Waals surface area (Å²) in [5, 5.41) is 10.5. The van der Waals surface area contributed by atoms with Crippen molar-refractivity contribution in [3.05, 3.63) is 58.6 Å². The SMILES string of the molecule is CC(C)(C)n1ncc(-c2nc(CC(=O)NCC3CCOCC3)cs2)c1Cc1ccc(F)cc1. The predicted molar refractivity (Wildman–Crippen MR) is 128 cm³/mol. The fourth-order valence-corrected chi connectivity index (χ4v) is 4.89. The monoisotopic (exact) mass is 470 g/mol. The number of amides is 1. The van der Waals surface area contributed by atoms with Crippen LogP contribution in [0.2, 0.25) is 0 Å². The van der Waals surface area contributed by atoms with Crippen LogP contribution in [0.15, 0.2) is 35.8 Å². The molecule has 1 aliphatic heterocycles. The fourth-order valence-electron chi connectivity index (χ4n) is 4.04. The van der Waals surface area contributed by atoms with Crippen LogP contribution in [-0.4, -0.2) is 40.4 Å². The quantitative estimate of drug-likeness (QED) is 0.549. The normalized spacial score (nSPS) is 15.0. The maximum Gasteiger partial charge on any atom is 0.226 e. The van der Waals surface area contributed by atoms with Crippen LogP contribution in [0.4, 0.5) is 4.39 Å². The molecule has 1 aliphatic rings. The Kier molecular flexibility index (Phi) is 7.24. The molecule has 3 aromatic rings. The molecule has 176 valence electrons. The van der Waals surface area contributed by atoms with Gasteiger partial charge < -0.3 is 10.1 Å². The highest BCUT2D eigenvalue weighted by atomic mass is 32.1. The van der Waals surface area contributed by atoms with E-state index in [1.807, 2.05) is 16.3 Å². The lowest BCUT2D eigenvalue weighted by atomic mass is 10.0. The van der Waals surface area contributed by atoms with E-state index in [2.05, 4.69) is 31.2 Å². The zero-order valence-corrected chi connectivity index (χ0v) is 20.3. The lowest BCUT2D eigenvalue weighted by molar-refractivity contribution is -0.120. The Bertz CT molecular complexity index is 1080. The van der Waals surface area contributed by atoms with Crippen molar-refractivity contribution in [3.63, 3.8) is 0 Å². The molecule has 0 spiro atoms. The van der Waals surface area contributed by atoms with E-state index in [-0.39, 0.29) is 23.7 Å². The molecule has 0 bridgehead atoms. The van der Waals surface area contributed by atoms with Crippen molar-refractivity contribution < 1.29 is 13.9 Å². The Hall–Kier alpha value is -2.58. The van der Waals surface area contributed by atoms with Crippen LogP contribution in [-0.2, 0) is 27.9 Å². The predicted octanol–water partition coefficient (Wildman–Crippen LogP) is 4.58. The number of ether oxygens (including phenoxy) is 1. The number of rotatable bonds is 7. The van der Waals surface area contributed by atoms with Crippen LogP contribution >= 0.6 is 11.3 Å². The lowest BCUT2D eigenvalue weighted by Gasteiger charge is -2.23. The van der Waals surface area contributed by atoms with Crippen molar-refractivity contribution in [3.8, 4) is 10.6 Å². The van der Waals surface area contributed by atoms with E-state index in [9.17, 15) is 9.18 Å². The number of thiazole rings is 1. The minimum Gasteiger partial charge on any atom is -0.381 e. The average molecular weight is 471 g/mol. The lowest BCUT2D eigenvalue weighted by Crippen LogP contribution is -2.33. The van der Waals surface area contributed by atoms with Gasteiger partial charge in [-0.3, -0.25) is 9.48 Å². The molecule has 1 aromatic carbocycles. The molecular formula is C25H31FN4O2S. The van der Waals surface area contributed by atoms with E-state index in [1.165, 1.54) is 23.5 Å². The maximum atomic E-state index is 13.4. The number of hydrogen-bond acceptors (Lipinski definition) is 5. The number of halogens is 1. The topological polar surface area (TPSA) is 69.0 Å². The molecule has 6 nitrogen and oxygen atoms in total. The van der Waals surface area contributed by atoms with Gasteiger partial charge in [0, 0.05) is 31.6 Å². The first-order valence-electron chi connectivity index (χ1n) is 11.4. The molecule has 0 saturated carbocycles. The zero-order valence-electron chi connectivity index (χ0n) is 19.4. The summed E-state index contributed by atoms with van der Waals surface area (Å²) in [4.78, 5) is 17.2. The van der Waals surface area contributed by atoms with Gasteiger partial charge in [0.1, 0.15) is 10.8 Å². The van der Waals surface area contributed by atoms with Crippen LogP contribution in [0.3, 0.4) is 0 Å². The molecule has 0 unspecified atom stereocenters. The van der Waals surface area contributed by atoms with E-state index < -0.39 is 0 Å². The number of benzene rings is 1. The summed E-state index contributed by atoms with van der Waals surface area (Å²) in [7, 11) is 0. The Morgan fingerprint density at radius 2 is 1.97 bits per heavy atom. The molecule has 1 amide bonds. The second kappa shape index (κ2) is 10.1. The highest BCUT2D eigenvalue weighted by molar-refractivity contribution is 7.13. The van der Waals surface area contributed by atoms with Crippen molar-refractivity contribution in [1.29, 1.82) is 0 Å². The van der Waals surface area contributed by atoms with Crippen molar-refractivity contribution in [2.45, 2.75) is 52.0 Å². The second-order valence-corrected chi connectivity index (χ2v) is 10.4. The number of carbonyl (C=O) groups excluding carboxylic acids is 1. The first kappa shape index (κ1) is 23.6. The number of carbonyl (C=O) groups is 1. The van der Waals surface area contributed by atoms with Gasteiger partial charge in [0.05, 0.1) is 35.1 Å². The molecule has 3 heterocycles. The molecule has 0 radical (unpaired) electrons. The van der Waals surface area contributed by atoms with Gasteiger partial charge in [-0.05, 0) is 57.2 Å². The van der Waals surface area contributed by atoms with E-state index >= 15 is 0 Å². The molecule has 1 saturated heterocycles. The Labute approximate surface area is 198 Å². The average Bonchev–Trinajstić information content (AvgIpc) is 3.41. The first-order chi connectivity index (χ1) is 15.8. The van der Waals surface area contributed by atoms with Gasteiger partial charge in [0.15, 0.2) is 0 Å². The number of nitrogens with one attached hydrogen (secondary N) is 1. The summed E-state index contributed by atoms with van der Waals surface area (Å²) in [5.41, 5.74) is 3.54. The van der Waals surface area contributed by atoms with Gasteiger partial charge in [-0.15, -0.1) is 11.3 Å². The van der Waals surface area contributed by atoms with E-state index in [1.54, 1.807) is 12.1 Å². The van der Waals surface area contributed by atoms with Gasteiger partial charge in [-0.25, -0.2) is 9.37 Å². The zero-order chi connectivity index (χ0) is 23.4. The third kappa shape index (κ3) is 6.06. The summed E-state index contributed by atoms with van der Waals surface area (Å²) in [5.74, 6) is 0.240. The largest absolute Gasteiger partial charge is 0.381 e. The van der Waals surface area contributed by atoms with Crippen LogP contribution in [0.25, 0.3) is 10.6 Å². The van der Waals surface area contributed by atoms with Gasteiger partial charge in [0.25, 0.3) is 0 Å². The van der Waals surface area contributed by atoms with E-state index in [0.29, 0.717) is 18.9 Å².